The molecule has 0 heterocycles. The predicted octanol–water partition coefficient (Wildman–Crippen LogP) is 2.87. The normalized spacial score (nSPS) is 22.5. The highest BCUT2D eigenvalue weighted by atomic mass is 19.1. The molecule has 1 saturated carbocycles. The van der Waals surface area contributed by atoms with E-state index in [2.05, 4.69) is 17.6 Å². The van der Waals surface area contributed by atoms with Gasteiger partial charge < -0.3 is 10.6 Å². The lowest BCUT2D eigenvalue weighted by Crippen LogP contribution is -2.42. The minimum Gasteiger partial charge on any atom is -0.349 e. The van der Waals surface area contributed by atoms with Crippen molar-refractivity contribution >= 4 is 5.91 Å². The Hall–Kier alpha value is -1.42. The number of rotatable bonds is 5. The number of halogens is 1. The molecule has 0 unspecified atom stereocenters. The van der Waals surface area contributed by atoms with Gasteiger partial charge in [-0.15, -0.1) is 0 Å². The molecule has 20 heavy (non-hydrogen) atoms. The van der Waals surface area contributed by atoms with E-state index in [0.29, 0.717) is 11.6 Å². The summed E-state index contributed by atoms with van der Waals surface area (Å²) in [5.41, 5.74) is 0.526. The monoisotopic (exact) mass is 278 g/mol. The highest BCUT2D eigenvalue weighted by molar-refractivity contribution is 5.94. The molecular weight excluding hydrogens is 255 g/mol. The summed E-state index contributed by atoms with van der Waals surface area (Å²) >= 11 is 0. The summed E-state index contributed by atoms with van der Waals surface area (Å²) in [4.78, 5) is 12.0. The Kier molecular flexibility index (Phi) is 5.53. The van der Waals surface area contributed by atoms with Crippen molar-refractivity contribution in [3.63, 3.8) is 0 Å². The molecule has 0 bridgehead atoms. The summed E-state index contributed by atoms with van der Waals surface area (Å²) in [6.07, 6.45) is 5.38. The van der Waals surface area contributed by atoms with Crippen molar-refractivity contribution in [2.24, 2.45) is 0 Å². The minimum atomic E-state index is -0.316. The highest BCUT2D eigenvalue weighted by Gasteiger charge is 2.22. The molecule has 4 heteroatoms. The van der Waals surface area contributed by atoms with Gasteiger partial charge in [-0.2, -0.15) is 0 Å². The zero-order valence-electron chi connectivity index (χ0n) is 12.0. The van der Waals surface area contributed by atoms with E-state index >= 15 is 0 Å². The van der Waals surface area contributed by atoms with E-state index in [1.54, 1.807) is 0 Å². The van der Waals surface area contributed by atoms with Gasteiger partial charge >= 0.3 is 0 Å². The van der Waals surface area contributed by atoms with Gasteiger partial charge in [0.25, 0.3) is 5.91 Å². The Balaban J connectivity index is 1.77. The van der Waals surface area contributed by atoms with Crippen LogP contribution in [0, 0.1) is 5.82 Å². The van der Waals surface area contributed by atoms with Crippen LogP contribution in [-0.4, -0.2) is 24.5 Å². The van der Waals surface area contributed by atoms with Crippen molar-refractivity contribution in [1.82, 2.24) is 10.6 Å². The lowest BCUT2D eigenvalue weighted by Gasteiger charge is -2.29. The topological polar surface area (TPSA) is 41.1 Å². The van der Waals surface area contributed by atoms with E-state index in [1.807, 2.05) is 0 Å². The first-order valence-corrected chi connectivity index (χ1v) is 7.49. The number of hydrogen-bond acceptors (Lipinski definition) is 2. The standard InChI is InChI=1S/C16H23FN2O/c1-2-11-18-14-7-9-15(10-8-14)19-16(20)12-3-5-13(17)6-4-12/h3-6,14-15,18H,2,7-11H2,1H3,(H,19,20). The summed E-state index contributed by atoms with van der Waals surface area (Å²) in [5, 5.41) is 6.57. The molecule has 0 radical (unpaired) electrons. The molecule has 1 aromatic carbocycles. The third-order valence-electron chi connectivity index (χ3n) is 3.85. The van der Waals surface area contributed by atoms with Crippen molar-refractivity contribution in [3.8, 4) is 0 Å². The SMILES string of the molecule is CCCNC1CCC(NC(=O)c2ccc(F)cc2)CC1. The molecule has 1 aromatic rings. The molecule has 1 fully saturated rings. The van der Waals surface area contributed by atoms with Crippen molar-refractivity contribution in [2.45, 2.75) is 51.1 Å². The molecule has 2 rings (SSSR count). The Labute approximate surface area is 120 Å². The smallest absolute Gasteiger partial charge is 0.251 e. The fourth-order valence-corrected chi connectivity index (χ4v) is 2.66. The first-order valence-electron chi connectivity index (χ1n) is 7.49. The molecule has 1 aliphatic carbocycles. The van der Waals surface area contributed by atoms with E-state index in [-0.39, 0.29) is 17.8 Å². The Morgan fingerprint density at radius 2 is 1.75 bits per heavy atom. The van der Waals surface area contributed by atoms with Crippen LogP contribution in [0.5, 0.6) is 0 Å². The number of carbonyl (C=O) groups is 1. The maximum atomic E-state index is 12.8. The van der Waals surface area contributed by atoms with E-state index in [0.717, 1.165) is 38.6 Å². The summed E-state index contributed by atoms with van der Waals surface area (Å²) < 4.78 is 12.8. The number of nitrogens with one attached hydrogen (secondary N) is 2. The largest absolute Gasteiger partial charge is 0.349 e. The van der Waals surface area contributed by atoms with Crippen molar-refractivity contribution < 1.29 is 9.18 Å². The van der Waals surface area contributed by atoms with Crippen LogP contribution >= 0.6 is 0 Å². The molecule has 0 atom stereocenters. The van der Waals surface area contributed by atoms with Gasteiger partial charge in [-0.3, -0.25) is 4.79 Å². The van der Waals surface area contributed by atoms with E-state index in [4.69, 9.17) is 0 Å². The average molecular weight is 278 g/mol. The van der Waals surface area contributed by atoms with E-state index < -0.39 is 0 Å². The second-order valence-corrected chi connectivity index (χ2v) is 5.48. The molecule has 110 valence electrons. The third kappa shape index (κ3) is 4.30. The molecule has 0 aromatic heterocycles. The second-order valence-electron chi connectivity index (χ2n) is 5.48. The average Bonchev–Trinajstić information content (AvgIpc) is 2.47. The van der Waals surface area contributed by atoms with Gasteiger partial charge in [-0.25, -0.2) is 4.39 Å². The number of carbonyl (C=O) groups excluding carboxylic acids is 1. The van der Waals surface area contributed by atoms with Crippen LogP contribution in [0.1, 0.15) is 49.4 Å². The van der Waals surface area contributed by atoms with Gasteiger partial charge in [0.1, 0.15) is 5.82 Å². The minimum absolute atomic E-state index is 0.102. The highest BCUT2D eigenvalue weighted by Crippen LogP contribution is 2.19. The van der Waals surface area contributed by atoms with Gasteiger partial charge in [0.15, 0.2) is 0 Å². The maximum Gasteiger partial charge on any atom is 0.251 e. The van der Waals surface area contributed by atoms with Crippen LogP contribution in [0.15, 0.2) is 24.3 Å². The van der Waals surface area contributed by atoms with Crippen LogP contribution in [-0.2, 0) is 0 Å². The third-order valence-corrected chi connectivity index (χ3v) is 3.85. The molecular formula is C16H23FN2O. The Morgan fingerprint density at radius 1 is 1.15 bits per heavy atom. The van der Waals surface area contributed by atoms with Crippen molar-refractivity contribution in [3.05, 3.63) is 35.6 Å². The van der Waals surface area contributed by atoms with Crippen molar-refractivity contribution in [1.29, 1.82) is 0 Å². The van der Waals surface area contributed by atoms with Crippen molar-refractivity contribution in [2.75, 3.05) is 6.54 Å². The predicted molar refractivity (Wildman–Crippen MR) is 78.2 cm³/mol. The van der Waals surface area contributed by atoms with Gasteiger partial charge in [-0.05, 0) is 62.9 Å². The van der Waals surface area contributed by atoms with Crippen LogP contribution in [0.2, 0.25) is 0 Å². The van der Waals surface area contributed by atoms with Gasteiger partial charge in [0.05, 0.1) is 0 Å². The summed E-state index contributed by atoms with van der Waals surface area (Å²) in [5.74, 6) is -0.418. The number of hydrogen-bond donors (Lipinski definition) is 2. The van der Waals surface area contributed by atoms with Crippen LogP contribution in [0.3, 0.4) is 0 Å². The number of benzene rings is 1. The molecule has 0 spiro atoms. The molecule has 1 aliphatic rings. The molecule has 1 amide bonds. The zero-order chi connectivity index (χ0) is 14.4. The Bertz CT molecular complexity index is 425. The molecule has 0 aliphatic heterocycles. The molecule has 0 saturated heterocycles. The lowest BCUT2D eigenvalue weighted by atomic mass is 9.91. The van der Waals surface area contributed by atoms with E-state index in [9.17, 15) is 9.18 Å². The molecule has 2 N–H and O–H groups in total. The van der Waals surface area contributed by atoms with Gasteiger partial charge in [0.2, 0.25) is 0 Å². The quantitative estimate of drug-likeness (QED) is 0.869. The fraction of sp³-hybridized carbons (Fsp3) is 0.562. The Morgan fingerprint density at radius 3 is 2.35 bits per heavy atom. The van der Waals surface area contributed by atoms with Crippen LogP contribution < -0.4 is 10.6 Å². The zero-order valence-corrected chi connectivity index (χ0v) is 12.0. The summed E-state index contributed by atoms with van der Waals surface area (Å²) in [6.45, 7) is 3.23. The summed E-state index contributed by atoms with van der Waals surface area (Å²) in [6, 6.07) is 6.53. The second kappa shape index (κ2) is 7.39. The lowest BCUT2D eigenvalue weighted by molar-refractivity contribution is 0.0924. The first-order chi connectivity index (χ1) is 9.69. The van der Waals surface area contributed by atoms with Crippen LogP contribution in [0.25, 0.3) is 0 Å². The first kappa shape index (κ1) is 15.0. The van der Waals surface area contributed by atoms with Gasteiger partial charge in [-0.1, -0.05) is 6.92 Å². The molecule has 3 nitrogen and oxygen atoms in total. The maximum absolute atomic E-state index is 12.8. The van der Waals surface area contributed by atoms with Crippen LogP contribution in [0.4, 0.5) is 4.39 Å². The fourth-order valence-electron chi connectivity index (χ4n) is 2.66. The number of amides is 1. The van der Waals surface area contributed by atoms with E-state index in [1.165, 1.54) is 24.3 Å². The van der Waals surface area contributed by atoms with Gasteiger partial charge in [0, 0.05) is 17.6 Å². The summed E-state index contributed by atoms with van der Waals surface area (Å²) in [7, 11) is 0.